The average molecular weight is 394 g/mol. The van der Waals surface area contributed by atoms with Gasteiger partial charge in [0, 0.05) is 18.0 Å². The van der Waals surface area contributed by atoms with E-state index in [1.807, 2.05) is 29.0 Å². The number of ether oxygens (including phenoxy) is 1. The van der Waals surface area contributed by atoms with Crippen LogP contribution in [0.4, 0.5) is 0 Å². The summed E-state index contributed by atoms with van der Waals surface area (Å²) in [5.74, 6) is 1.68. The van der Waals surface area contributed by atoms with Gasteiger partial charge in [0.25, 0.3) is 0 Å². The molecule has 7 nitrogen and oxygen atoms in total. The van der Waals surface area contributed by atoms with Crippen LogP contribution in [0.5, 0.6) is 0 Å². The van der Waals surface area contributed by atoms with Gasteiger partial charge in [-0.25, -0.2) is 15.0 Å². The van der Waals surface area contributed by atoms with E-state index in [9.17, 15) is 0 Å². The summed E-state index contributed by atoms with van der Waals surface area (Å²) in [5.41, 5.74) is 5.09. The fourth-order valence-corrected chi connectivity index (χ4v) is 4.01. The molecule has 2 aromatic carbocycles. The molecule has 4 heterocycles. The van der Waals surface area contributed by atoms with Crippen LogP contribution in [-0.4, -0.2) is 35.7 Å². The Morgan fingerprint density at radius 3 is 2.73 bits per heavy atom. The molecule has 0 saturated heterocycles. The first-order valence-corrected chi connectivity index (χ1v) is 9.81. The minimum atomic E-state index is 0.102. The Balaban J connectivity index is 1.44. The van der Waals surface area contributed by atoms with E-state index in [2.05, 4.69) is 49.9 Å². The van der Waals surface area contributed by atoms with Crippen molar-refractivity contribution in [3.63, 3.8) is 0 Å². The van der Waals surface area contributed by atoms with Gasteiger partial charge in [-0.2, -0.15) is 0 Å². The largest absolute Gasteiger partial charge is 0.371 e. The maximum atomic E-state index is 5.84. The van der Waals surface area contributed by atoms with Gasteiger partial charge in [0.05, 0.1) is 41.8 Å². The van der Waals surface area contributed by atoms with Crippen molar-refractivity contribution in [3.05, 3.63) is 91.0 Å². The van der Waals surface area contributed by atoms with Crippen LogP contribution in [0.25, 0.3) is 28.1 Å². The van der Waals surface area contributed by atoms with Crippen LogP contribution in [0.1, 0.15) is 17.4 Å². The van der Waals surface area contributed by atoms with Gasteiger partial charge in [-0.05, 0) is 17.7 Å². The molecule has 30 heavy (non-hydrogen) atoms. The number of hydrogen-bond acceptors (Lipinski definition) is 5. The lowest BCUT2D eigenvalue weighted by molar-refractivity contribution is 0.0679. The molecule has 7 heteroatoms. The molecular weight excluding hydrogens is 376 g/mol. The molecule has 0 radical (unpaired) electrons. The van der Waals surface area contributed by atoms with Crippen molar-refractivity contribution < 1.29 is 4.74 Å². The first-order chi connectivity index (χ1) is 14.9. The van der Waals surface area contributed by atoms with E-state index in [0.29, 0.717) is 13.2 Å². The lowest BCUT2D eigenvalue weighted by Gasteiger charge is -2.26. The highest BCUT2D eigenvalue weighted by atomic mass is 16.5. The van der Waals surface area contributed by atoms with E-state index in [1.54, 1.807) is 24.9 Å². The SMILES string of the molecule is c1ccc(C2COCc3nc4ccc(-c5cnc(-n6ccnc6)cn5)cc4n32)cc1. The maximum Gasteiger partial charge on any atom is 0.156 e. The molecule has 146 valence electrons. The van der Waals surface area contributed by atoms with Crippen LogP contribution >= 0.6 is 0 Å². The van der Waals surface area contributed by atoms with Crippen LogP contribution < -0.4 is 0 Å². The third kappa shape index (κ3) is 2.79. The average Bonchev–Trinajstić information content (AvgIpc) is 3.47. The van der Waals surface area contributed by atoms with Gasteiger partial charge in [0.15, 0.2) is 5.82 Å². The van der Waals surface area contributed by atoms with E-state index in [-0.39, 0.29) is 6.04 Å². The second-order valence-electron chi connectivity index (χ2n) is 7.27. The highest BCUT2D eigenvalue weighted by Gasteiger charge is 2.25. The van der Waals surface area contributed by atoms with Crippen molar-refractivity contribution in [1.82, 2.24) is 29.1 Å². The summed E-state index contributed by atoms with van der Waals surface area (Å²) in [7, 11) is 0. The summed E-state index contributed by atoms with van der Waals surface area (Å²) < 4.78 is 9.97. The first kappa shape index (κ1) is 17.1. The Kier molecular flexibility index (Phi) is 3.92. The Hall–Kier alpha value is -3.84. The number of imidazole rings is 2. The Morgan fingerprint density at radius 2 is 1.93 bits per heavy atom. The molecular formula is C23H18N6O. The van der Waals surface area contributed by atoms with E-state index in [4.69, 9.17) is 9.72 Å². The molecule has 0 amide bonds. The van der Waals surface area contributed by atoms with Gasteiger partial charge in [-0.15, -0.1) is 0 Å². The number of nitrogens with zero attached hydrogens (tertiary/aromatic N) is 6. The maximum absolute atomic E-state index is 5.84. The predicted molar refractivity (Wildman–Crippen MR) is 112 cm³/mol. The number of rotatable bonds is 3. The third-order valence-electron chi connectivity index (χ3n) is 5.47. The lowest BCUT2D eigenvalue weighted by Crippen LogP contribution is -2.24. The van der Waals surface area contributed by atoms with E-state index in [1.165, 1.54) is 5.56 Å². The Morgan fingerprint density at radius 1 is 1.00 bits per heavy atom. The molecule has 1 atom stereocenters. The fourth-order valence-electron chi connectivity index (χ4n) is 4.01. The van der Waals surface area contributed by atoms with Crippen LogP contribution in [0, 0.1) is 0 Å². The van der Waals surface area contributed by atoms with Crippen LogP contribution in [0.2, 0.25) is 0 Å². The molecule has 0 bridgehead atoms. The van der Waals surface area contributed by atoms with Crippen molar-refractivity contribution in [2.24, 2.45) is 0 Å². The number of fused-ring (bicyclic) bond motifs is 3. The van der Waals surface area contributed by atoms with Crippen LogP contribution in [0.3, 0.4) is 0 Å². The number of aromatic nitrogens is 6. The van der Waals surface area contributed by atoms with E-state index >= 15 is 0 Å². The highest BCUT2D eigenvalue weighted by Crippen LogP contribution is 2.32. The smallest absolute Gasteiger partial charge is 0.156 e. The number of hydrogen-bond donors (Lipinski definition) is 0. The van der Waals surface area contributed by atoms with Crippen molar-refractivity contribution >= 4 is 11.0 Å². The molecule has 0 aliphatic carbocycles. The molecule has 6 rings (SSSR count). The molecule has 0 fully saturated rings. The van der Waals surface area contributed by atoms with Gasteiger partial charge >= 0.3 is 0 Å². The summed E-state index contributed by atoms with van der Waals surface area (Å²) >= 11 is 0. The fraction of sp³-hybridized carbons (Fsp3) is 0.130. The predicted octanol–water partition coefficient (Wildman–Crippen LogP) is 3.80. The minimum absolute atomic E-state index is 0.102. The number of benzene rings is 2. The standard InChI is InChI=1S/C23H18N6O/c1-2-4-16(5-3-1)21-13-30-14-23-27-18-7-6-17(10-20(18)29(21)23)19-11-26-22(12-25-19)28-9-8-24-15-28/h1-12,15,21H,13-14H2. The zero-order valence-corrected chi connectivity index (χ0v) is 16.1. The molecule has 0 N–H and O–H groups in total. The normalized spacial score (nSPS) is 15.9. The summed E-state index contributed by atoms with van der Waals surface area (Å²) in [4.78, 5) is 18.0. The van der Waals surface area contributed by atoms with Crippen molar-refractivity contribution in [2.75, 3.05) is 6.61 Å². The topological polar surface area (TPSA) is 70.7 Å². The summed E-state index contributed by atoms with van der Waals surface area (Å²) in [6.45, 7) is 1.15. The third-order valence-corrected chi connectivity index (χ3v) is 5.47. The van der Waals surface area contributed by atoms with Gasteiger partial charge < -0.3 is 9.30 Å². The Bertz CT molecular complexity index is 1310. The first-order valence-electron chi connectivity index (χ1n) is 9.81. The van der Waals surface area contributed by atoms with Gasteiger partial charge in [0.1, 0.15) is 18.8 Å². The van der Waals surface area contributed by atoms with E-state index in [0.717, 1.165) is 33.9 Å². The van der Waals surface area contributed by atoms with Gasteiger partial charge in [-0.1, -0.05) is 36.4 Å². The molecule has 1 aliphatic rings. The zero-order chi connectivity index (χ0) is 19.9. The van der Waals surface area contributed by atoms with Gasteiger partial charge in [0.2, 0.25) is 0 Å². The Labute approximate surface area is 172 Å². The summed E-state index contributed by atoms with van der Waals surface area (Å²) in [6, 6.07) is 16.8. The van der Waals surface area contributed by atoms with Crippen molar-refractivity contribution in [2.45, 2.75) is 12.6 Å². The molecule has 0 saturated carbocycles. The zero-order valence-electron chi connectivity index (χ0n) is 16.1. The van der Waals surface area contributed by atoms with Crippen LogP contribution in [-0.2, 0) is 11.3 Å². The van der Waals surface area contributed by atoms with Crippen LogP contribution in [0.15, 0.2) is 79.6 Å². The second-order valence-corrected chi connectivity index (χ2v) is 7.27. The van der Waals surface area contributed by atoms with Gasteiger partial charge in [-0.3, -0.25) is 9.55 Å². The molecule has 0 spiro atoms. The molecule has 1 unspecified atom stereocenters. The monoisotopic (exact) mass is 394 g/mol. The van der Waals surface area contributed by atoms with Crippen molar-refractivity contribution in [3.8, 4) is 17.1 Å². The molecule has 3 aromatic heterocycles. The van der Waals surface area contributed by atoms with Crippen molar-refractivity contribution in [1.29, 1.82) is 0 Å². The summed E-state index contributed by atoms with van der Waals surface area (Å²) in [6.07, 6.45) is 8.83. The summed E-state index contributed by atoms with van der Waals surface area (Å²) in [5, 5.41) is 0. The minimum Gasteiger partial charge on any atom is -0.371 e. The lowest BCUT2D eigenvalue weighted by atomic mass is 10.1. The quantitative estimate of drug-likeness (QED) is 0.466. The van der Waals surface area contributed by atoms with E-state index < -0.39 is 0 Å². The second kappa shape index (κ2) is 6.89. The molecule has 1 aliphatic heterocycles. The molecule has 5 aromatic rings. The highest BCUT2D eigenvalue weighted by molar-refractivity contribution is 5.82.